The molecule has 0 radical (unpaired) electrons. The highest BCUT2D eigenvalue weighted by Gasteiger charge is 2.08. The highest BCUT2D eigenvalue weighted by molar-refractivity contribution is 4.63. The molecule has 0 saturated carbocycles. The number of rotatable bonds is 13. The van der Waals surface area contributed by atoms with Gasteiger partial charge in [-0.15, -0.1) is 0 Å². The standard InChI is InChI=1S/C15H33NO2/c1-5-6-7-8-9-10-11-18-15(13-17-4)12-16-14(2)3/h14-16H,5-13H2,1-4H3. The largest absolute Gasteiger partial charge is 0.382 e. The van der Waals surface area contributed by atoms with Crippen LogP contribution in [0.4, 0.5) is 0 Å². The van der Waals surface area contributed by atoms with Crippen molar-refractivity contribution in [2.75, 3.05) is 26.9 Å². The molecule has 3 nitrogen and oxygen atoms in total. The van der Waals surface area contributed by atoms with Gasteiger partial charge in [0.25, 0.3) is 0 Å². The Morgan fingerprint density at radius 2 is 1.67 bits per heavy atom. The van der Waals surface area contributed by atoms with Gasteiger partial charge in [-0.3, -0.25) is 0 Å². The SMILES string of the molecule is CCCCCCCCOC(CNC(C)C)COC. The van der Waals surface area contributed by atoms with Crippen LogP contribution in [-0.4, -0.2) is 39.0 Å². The summed E-state index contributed by atoms with van der Waals surface area (Å²) in [5, 5.41) is 3.39. The molecule has 0 rings (SSSR count). The molecule has 0 aromatic rings. The van der Waals surface area contributed by atoms with Crippen LogP contribution in [0, 0.1) is 0 Å². The van der Waals surface area contributed by atoms with E-state index >= 15 is 0 Å². The Labute approximate surface area is 114 Å². The fourth-order valence-electron chi connectivity index (χ4n) is 1.85. The number of hydrogen-bond acceptors (Lipinski definition) is 3. The zero-order valence-electron chi connectivity index (χ0n) is 12.8. The number of hydrogen-bond donors (Lipinski definition) is 1. The van der Waals surface area contributed by atoms with Gasteiger partial charge in [0.2, 0.25) is 0 Å². The molecule has 0 amide bonds. The van der Waals surface area contributed by atoms with E-state index in [-0.39, 0.29) is 6.10 Å². The van der Waals surface area contributed by atoms with Crippen LogP contribution in [0.3, 0.4) is 0 Å². The fourth-order valence-corrected chi connectivity index (χ4v) is 1.85. The van der Waals surface area contributed by atoms with Crippen LogP contribution in [-0.2, 0) is 9.47 Å². The Kier molecular flexibility index (Phi) is 13.2. The van der Waals surface area contributed by atoms with E-state index in [9.17, 15) is 0 Å². The van der Waals surface area contributed by atoms with Gasteiger partial charge in [-0.2, -0.15) is 0 Å². The van der Waals surface area contributed by atoms with Crippen molar-refractivity contribution in [1.82, 2.24) is 5.32 Å². The first-order chi connectivity index (χ1) is 8.70. The molecule has 0 aromatic heterocycles. The highest BCUT2D eigenvalue weighted by atomic mass is 16.5. The second kappa shape index (κ2) is 13.3. The minimum Gasteiger partial charge on any atom is -0.382 e. The lowest BCUT2D eigenvalue weighted by atomic mass is 10.1. The molecule has 3 heteroatoms. The topological polar surface area (TPSA) is 30.5 Å². The summed E-state index contributed by atoms with van der Waals surface area (Å²) in [5.74, 6) is 0. The van der Waals surface area contributed by atoms with Crippen LogP contribution < -0.4 is 5.32 Å². The van der Waals surface area contributed by atoms with E-state index in [1.807, 2.05) is 0 Å². The summed E-state index contributed by atoms with van der Waals surface area (Å²) in [5.41, 5.74) is 0. The van der Waals surface area contributed by atoms with Gasteiger partial charge < -0.3 is 14.8 Å². The van der Waals surface area contributed by atoms with Gasteiger partial charge in [0, 0.05) is 26.3 Å². The summed E-state index contributed by atoms with van der Waals surface area (Å²) >= 11 is 0. The van der Waals surface area contributed by atoms with Crippen LogP contribution in [0.15, 0.2) is 0 Å². The van der Waals surface area contributed by atoms with Crippen molar-refractivity contribution < 1.29 is 9.47 Å². The maximum atomic E-state index is 5.85. The van der Waals surface area contributed by atoms with Crippen molar-refractivity contribution in [1.29, 1.82) is 0 Å². The molecular formula is C15H33NO2. The minimum absolute atomic E-state index is 0.188. The Morgan fingerprint density at radius 3 is 2.28 bits per heavy atom. The van der Waals surface area contributed by atoms with E-state index in [4.69, 9.17) is 9.47 Å². The summed E-state index contributed by atoms with van der Waals surface area (Å²) in [7, 11) is 1.73. The summed E-state index contributed by atoms with van der Waals surface area (Å²) < 4.78 is 11.0. The molecule has 1 atom stereocenters. The molecule has 1 N–H and O–H groups in total. The van der Waals surface area contributed by atoms with E-state index in [0.717, 1.165) is 13.2 Å². The van der Waals surface area contributed by atoms with Crippen LogP contribution in [0.2, 0.25) is 0 Å². The first-order valence-corrected chi connectivity index (χ1v) is 7.54. The average Bonchev–Trinajstić information content (AvgIpc) is 2.34. The Morgan fingerprint density at radius 1 is 1.00 bits per heavy atom. The minimum atomic E-state index is 0.188. The molecule has 0 aliphatic rings. The molecule has 0 aliphatic carbocycles. The van der Waals surface area contributed by atoms with Gasteiger partial charge in [0.1, 0.15) is 0 Å². The molecule has 1 unspecified atom stereocenters. The molecule has 110 valence electrons. The maximum Gasteiger partial charge on any atom is 0.0932 e. The van der Waals surface area contributed by atoms with Crippen molar-refractivity contribution in [3.63, 3.8) is 0 Å². The summed E-state index contributed by atoms with van der Waals surface area (Å²) in [6.07, 6.45) is 8.04. The Balaban J connectivity index is 3.45. The fraction of sp³-hybridized carbons (Fsp3) is 1.00. The maximum absolute atomic E-state index is 5.85. The number of unbranched alkanes of at least 4 members (excludes halogenated alkanes) is 5. The van der Waals surface area contributed by atoms with Crippen molar-refractivity contribution in [2.45, 2.75) is 71.4 Å². The van der Waals surface area contributed by atoms with Crippen LogP contribution in [0.25, 0.3) is 0 Å². The number of ether oxygens (including phenoxy) is 2. The molecular weight excluding hydrogens is 226 g/mol. The molecule has 0 spiro atoms. The predicted molar refractivity (Wildman–Crippen MR) is 78.1 cm³/mol. The number of methoxy groups -OCH3 is 1. The molecule has 0 aliphatic heterocycles. The zero-order valence-corrected chi connectivity index (χ0v) is 12.8. The van der Waals surface area contributed by atoms with Gasteiger partial charge in [-0.05, 0) is 6.42 Å². The van der Waals surface area contributed by atoms with Crippen molar-refractivity contribution in [3.05, 3.63) is 0 Å². The smallest absolute Gasteiger partial charge is 0.0932 e. The third-order valence-corrected chi connectivity index (χ3v) is 2.96. The molecule has 0 saturated heterocycles. The predicted octanol–water partition coefficient (Wildman–Crippen LogP) is 3.38. The molecule has 0 bridgehead atoms. The summed E-state index contributed by atoms with van der Waals surface area (Å²) in [6.45, 7) is 8.96. The van der Waals surface area contributed by atoms with Crippen LogP contribution in [0.1, 0.15) is 59.3 Å². The highest BCUT2D eigenvalue weighted by Crippen LogP contribution is 2.05. The van der Waals surface area contributed by atoms with Gasteiger partial charge >= 0.3 is 0 Å². The van der Waals surface area contributed by atoms with Gasteiger partial charge in [0.05, 0.1) is 12.7 Å². The third kappa shape index (κ3) is 12.3. The van der Waals surface area contributed by atoms with Crippen LogP contribution in [0.5, 0.6) is 0 Å². The molecule has 0 aromatic carbocycles. The van der Waals surface area contributed by atoms with Crippen molar-refractivity contribution >= 4 is 0 Å². The Hall–Kier alpha value is -0.120. The second-order valence-electron chi connectivity index (χ2n) is 5.28. The second-order valence-corrected chi connectivity index (χ2v) is 5.28. The van der Waals surface area contributed by atoms with Crippen molar-refractivity contribution in [3.8, 4) is 0 Å². The zero-order chi connectivity index (χ0) is 13.6. The van der Waals surface area contributed by atoms with E-state index < -0.39 is 0 Å². The molecule has 0 fully saturated rings. The number of nitrogens with one attached hydrogen (secondary N) is 1. The van der Waals surface area contributed by atoms with E-state index in [0.29, 0.717) is 12.6 Å². The summed E-state index contributed by atoms with van der Waals surface area (Å²) in [4.78, 5) is 0. The molecule has 0 heterocycles. The lowest BCUT2D eigenvalue weighted by molar-refractivity contribution is -0.00329. The lowest BCUT2D eigenvalue weighted by Crippen LogP contribution is -2.36. The van der Waals surface area contributed by atoms with Crippen LogP contribution >= 0.6 is 0 Å². The van der Waals surface area contributed by atoms with Gasteiger partial charge in [-0.25, -0.2) is 0 Å². The van der Waals surface area contributed by atoms with E-state index in [1.54, 1.807) is 7.11 Å². The first kappa shape index (κ1) is 17.9. The monoisotopic (exact) mass is 259 g/mol. The Bertz CT molecular complexity index is 163. The van der Waals surface area contributed by atoms with E-state index in [2.05, 4.69) is 26.1 Å². The van der Waals surface area contributed by atoms with Gasteiger partial charge in [0.15, 0.2) is 0 Å². The quantitative estimate of drug-likeness (QED) is 0.514. The lowest BCUT2D eigenvalue weighted by Gasteiger charge is -2.19. The molecule has 18 heavy (non-hydrogen) atoms. The van der Waals surface area contributed by atoms with E-state index in [1.165, 1.54) is 38.5 Å². The normalized spacial score (nSPS) is 13.2. The van der Waals surface area contributed by atoms with Crippen molar-refractivity contribution in [2.24, 2.45) is 0 Å². The average molecular weight is 259 g/mol. The first-order valence-electron chi connectivity index (χ1n) is 7.54. The van der Waals surface area contributed by atoms with Gasteiger partial charge in [-0.1, -0.05) is 52.9 Å². The third-order valence-electron chi connectivity index (χ3n) is 2.96. The summed E-state index contributed by atoms with van der Waals surface area (Å²) in [6, 6.07) is 0.502.